The minimum absolute atomic E-state index is 0.201. The van der Waals surface area contributed by atoms with Gasteiger partial charge in [-0.15, -0.1) is 23.1 Å². The van der Waals surface area contributed by atoms with Gasteiger partial charge in [0.2, 0.25) is 0 Å². The predicted octanol–water partition coefficient (Wildman–Crippen LogP) is 4.64. The number of rotatable bonds is 6. The molecule has 1 aromatic carbocycles. The Bertz CT molecular complexity index is 934. The summed E-state index contributed by atoms with van der Waals surface area (Å²) in [4.78, 5) is 13.6. The number of carbonyl (C=O) groups excluding carboxylic acids is 1. The highest BCUT2D eigenvalue weighted by Gasteiger charge is 2.51. The van der Waals surface area contributed by atoms with Crippen molar-refractivity contribution in [3.05, 3.63) is 67.8 Å². The second kappa shape index (κ2) is 9.23. The first kappa shape index (κ1) is 21.7. The Morgan fingerprint density at radius 1 is 1.41 bits per heavy atom. The third kappa shape index (κ3) is 4.78. The van der Waals surface area contributed by atoms with E-state index in [1.807, 2.05) is 41.8 Å². The molecule has 0 amide bonds. The molecule has 3 rings (SSSR count). The first-order valence-corrected chi connectivity index (χ1v) is 11.3. The van der Waals surface area contributed by atoms with Gasteiger partial charge in [-0.2, -0.15) is 5.26 Å². The molecule has 29 heavy (non-hydrogen) atoms. The maximum atomic E-state index is 12.7. The number of thiophene rings is 1. The van der Waals surface area contributed by atoms with E-state index in [9.17, 15) is 15.2 Å². The van der Waals surface area contributed by atoms with Gasteiger partial charge >= 0.3 is 5.97 Å². The summed E-state index contributed by atoms with van der Waals surface area (Å²) < 4.78 is 5.23. The average molecular weight is 449 g/mol. The third-order valence-electron chi connectivity index (χ3n) is 4.67. The molecule has 2 N–H and O–H groups in total. The van der Waals surface area contributed by atoms with Gasteiger partial charge < -0.3 is 15.2 Å². The second-order valence-electron chi connectivity index (χ2n) is 6.77. The maximum absolute atomic E-state index is 12.7. The fourth-order valence-electron chi connectivity index (χ4n) is 3.35. The van der Waals surface area contributed by atoms with Gasteiger partial charge in [0.25, 0.3) is 0 Å². The van der Waals surface area contributed by atoms with Crippen molar-refractivity contribution in [2.75, 3.05) is 6.61 Å². The van der Waals surface area contributed by atoms with Crippen LogP contribution < -0.4 is 5.32 Å². The van der Waals surface area contributed by atoms with Gasteiger partial charge in [0.15, 0.2) is 0 Å². The first-order valence-electron chi connectivity index (χ1n) is 9.09. The smallest absolute Gasteiger partial charge is 0.314 e. The Balaban J connectivity index is 2.00. The number of carbonyl (C=O) groups is 1. The zero-order chi connectivity index (χ0) is 21.0. The summed E-state index contributed by atoms with van der Waals surface area (Å²) in [5, 5.41) is 27.2. The Labute approximate surface area is 183 Å². The molecule has 0 radical (unpaired) electrons. The number of ether oxygens (including phenoxy) is 1. The molecule has 0 aliphatic carbocycles. The van der Waals surface area contributed by atoms with Crippen molar-refractivity contribution < 1.29 is 14.6 Å². The number of halogens is 1. The number of benzene rings is 1. The van der Waals surface area contributed by atoms with E-state index >= 15 is 0 Å². The molecule has 2 heterocycles. The largest absolute Gasteiger partial charge is 0.466 e. The van der Waals surface area contributed by atoms with Crippen LogP contribution in [0.2, 0.25) is 5.02 Å². The summed E-state index contributed by atoms with van der Waals surface area (Å²) in [6.45, 7) is 3.47. The number of esters is 1. The van der Waals surface area contributed by atoms with Crippen LogP contribution >= 0.6 is 34.7 Å². The van der Waals surface area contributed by atoms with Crippen LogP contribution in [0.25, 0.3) is 0 Å². The number of allylic oxidation sites excluding steroid dienone is 1. The number of nitrogens with zero attached hydrogens (tertiary/aromatic N) is 1. The molecule has 0 spiro atoms. The van der Waals surface area contributed by atoms with E-state index < -0.39 is 23.5 Å². The Kier molecular flexibility index (Phi) is 6.91. The normalized spacial score (nSPS) is 24.0. The Morgan fingerprint density at radius 2 is 2.14 bits per heavy atom. The van der Waals surface area contributed by atoms with Gasteiger partial charge in [-0.05, 0) is 43.0 Å². The molecule has 152 valence electrons. The van der Waals surface area contributed by atoms with Crippen molar-refractivity contribution in [1.82, 2.24) is 5.32 Å². The molecule has 0 saturated heterocycles. The third-order valence-corrected chi connectivity index (χ3v) is 6.96. The lowest BCUT2D eigenvalue weighted by atomic mass is 9.76. The molecule has 8 heteroatoms. The Morgan fingerprint density at radius 3 is 2.72 bits per heavy atom. The molecule has 1 aliphatic heterocycles. The van der Waals surface area contributed by atoms with E-state index in [-0.39, 0.29) is 6.61 Å². The molecule has 0 saturated carbocycles. The van der Waals surface area contributed by atoms with E-state index in [1.165, 1.54) is 23.1 Å². The second-order valence-corrected chi connectivity index (χ2v) is 9.17. The average Bonchev–Trinajstić information content (AvgIpc) is 3.21. The van der Waals surface area contributed by atoms with Gasteiger partial charge in [0.1, 0.15) is 11.6 Å². The van der Waals surface area contributed by atoms with Gasteiger partial charge in [-0.3, -0.25) is 4.79 Å². The summed E-state index contributed by atoms with van der Waals surface area (Å²) in [7, 11) is 0. The molecule has 3 atom stereocenters. The monoisotopic (exact) mass is 448 g/mol. The molecule has 0 unspecified atom stereocenters. The summed E-state index contributed by atoms with van der Waals surface area (Å²) in [5.41, 5.74) is -0.106. The van der Waals surface area contributed by atoms with Crippen molar-refractivity contribution in [1.29, 1.82) is 5.26 Å². The van der Waals surface area contributed by atoms with Crippen molar-refractivity contribution in [3.63, 3.8) is 0 Å². The minimum Gasteiger partial charge on any atom is -0.466 e. The van der Waals surface area contributed by atoms with Crippen LogP contribution in [0.3, 0.4) is 0 Å². The Hall–Kier alpha value is -1.98. The lowest BCUT2D eigenvalue weighted by Crippen LogP contribution is -2.56. The van der Waals surface area contributed by atoms with E-state index in [0.29, 0.717) is 21.4 Å². The molecule has 1 aliphatic rings. The highest BCUT2D eigenvalue weighted by atomic mass is 35.5. The van der Waals surface area contributed by atoms with Crippen molar-refractivity contribution in [2.45, 2.75) is 31.2 Å². The summed E-state index contributed by atoms with van der Waals surface area (Å²) in [6.07, 6.45) is 0. The minimum atomic E-state index is -1.57. The summed E-state index contributed by atoms with van der Waals surface area (Å²) >= 11 is 8.81. The lowest BCUT2D eigenvalue weighted by molar-refractivity contribution is -0.160. The van der Waals surface area contributed by atoms with Crippen molar-refractivity contribution in [3.8, 4) is 6.07 Å². The standard InChI is InChI=1S/C21H21ClN2O3S2/c1-3-27-20(25)18-17(16-5-4-10-28-16)15(11-23)19(24-21(18,2)26)29-12-13-6-8-14(22)9-7-13/h4-10,17-18,24,26H,3,12H2,1-2H3/t17-,18-,21+/m0/s1. The zero-order valence-electron chi connectivity index (χ0n) is 16.0. The predicted molar refractivity (Wildman–Crippen MR) is 116 cm³/mol. The molecule has 2 aromatic rings. The van der Waals surface area contributed by atoms with Crippen LogP contribution in [0.5, 0.6) is 0 Å². The van der Waals surface area contributed by atoms with E-state index in [4.69, 9.17) is 16.3 Å². The molecular weight excluding hydrogens is 428 g/mol. The van der Waals surface area contributed by atoms with Gasteiger partial charge in [-0.25, -0.2) is 0 Å². The van der Waals surface area contributed by atoms with Crippen LogP contribution in [0.4, 0.5) is 0 Å². The highest BCUT2D eigenvalue weighted by Crippen LogP contribution is 2.46. The zero-order valence-corrected chi connectivity index (χ0v) is 18.4. The van der Waals surface area contributed by atoms with E-state index in [2.05, 4.69) is 11.4 Å². The SMILES string of the molecule is CCOC(=O)[C@@H]1[C@H](c2cccs2)C(C#N)=C(SCc2ccc(Cl)cc2)N[C@]1(C)O. The molecular formula is C21H21ClN2O3S2. The quantitative estimate of drug-likeness (QED) is 0.626. The number of thioether (sulfide) groups is 1. The molecule has 0 bridgehead atoms. The number of nitrogens with one attached hydrogen (secondary N) is 1. The number of hydrogen-bond donors (Lipinski definition) is 2. The molecule has 0 fully saturated rings. The van der Waals surface area contributed by atoms with Crippen LogP contribution in [-0.2, 0) is 15.3 Å². The van der Waals surface area contributed by atoms with Crippen LogP contribution in [0.15, 0.2) is 52.4 Å². The van der Waals surface area contributed by atoms with Gasteiger partial charge in [0.05, 0.1) is 23.3 Å². The molecule has 1 aromatic heterocycles. The lowest BCUT2D eigenvalue weighted by Gasteiger charge is -2.42. The fourth-order valence-corrected chi connectivity index (χ4v) is 5.46. The van der Waals surface area contributed by atoms with Crippen molar-refractivity contribution in [2.24, 2.45) is 5.92 Å². The van der Waals surface area contributed by atoms with Crippen molar-refractivity contribution >= 4 is 40.7 Å². The summed E-state index contributed by atoms with van der Waals surface area (Å²) in [5.74, 6) is -1.46. The first-order chi connectivity index (χ1) is 13.9. The van der Waals surface area contributed by atoms with Gasteiger partial charge in [0, 0.05) is 21.6 Å². The maximum Gasteiger partial charge on any atom is 0.314 e. The van der Waals surface area contributed by atoms with E-state index in [1.54, 1.807) is 13.8 Å². The topological polar surface area (TPSA) is 82.4 Å². The number of aliphatic hydroxyl groups is 1. The van der Waals surface area contributed by atoms with Crippen LogP contribution in [0, 0.1) is 17.2 Å². The number of hydrogen-bond acceptors (Lipinski definition) is 7. The fraction of sp³-hybridized carbons (Fsp3) is 0.333. The number of nitriles is 1. The van der Waals surface area contributed by atoms with Crippen LogP contribution in [-0.4, -0.2) is 23.4 Å². The van der Waals surface area contributed by atoms with Crippen LogP contribution in [0.1, 0.15) is 30.2 Å². The molecule has 5 nitrogen and oxygen atoms in total. The van der Waals surface area contributed by atoms with E-state index in [0.717, 1.165) is 10.4 Å². The highest BCUT2D eigenvalue weighted by molar-refractivity contribution is 8.02. The summed E-state index contributed by atoms with van der Waals surface area (Å²) in [6, 6.07) is 13.5. The van der Waals surface area contributed by atoms with Gasteiger partial charge in [-0.1, -0.05) is 29.8 Å².